The average Bonchev–Trinajstić information content (AvgIpc) is 3.44. The first-order valence-electron chi connectivity index (χ1n) is 9.93. The Bertz CT molecular complexity index is 807. The summed E-state index contributed by atoms with van der Waals surface area (Å²) in [6.07, 6.45) is 2.32. The third-order valence-electron chi connectivity index (χ3n) is 6.29. The van der Waals surface area contributed by atoms with Crippen LogP contribution in [0.4, 0.5) is 0 Å². The number of fused-ring (bicyclic) bond motifs is 1. The summed E-state index contributed by atoms with van der Waals surface area (Å²) in [5.74, 6) is 0.522. The van der Waals surface area contributed by atoms with Gasteiger partial charge in [0.1, 0.15) is 0 Å². The molecule has 1 unspecified atom stereocenters. The largest absolute Gasteiger partial charge is 0.394 e. The van der Waals surface area contributed by atoms with Crippen LogP contribution in [0.1, 0.15) is 48.4 Å². The number of aliphatic hydroxyl groups is 1. The minimum absolute atomic E-state index is 0.105. The fourth-order valence-corrected chi connectivity index (χ4v) is 4.53. The minimum Gasteiger partial charge on any atom is -0.394 e. The van der Waals surface area contributed by atoms with Crippen molar-refractivity contribution < 1.29 is 9.90 Å². The van der Waals surface area contributed by atoms with Gasteiger partial charge in [-0.15, -0.1) is 0 Å². The molecule has 142 valence electrons. The Balaban J connectivity index is 1.32. The van der Waals surface area contributed by atoms with Gasteiger partial charge in [0.05, 0.1) is 12.6 Å². The van der Waals surface area contributed by atoms with Crippen molar-refractivity contribution in [3.63, 3.8) is 0 Å². The number of carbonyl (C=O) groups excluding carboxylic acids is 1. The van der Waals surface area contributed by atoms with E-state index in [0.717, 1.165) is 19.4 Å². The monoisotopic (exact) mass is 364 g/mol. The van der Waals surface area contributed by atoms with Crippen molar-refractivity contribution in [1.29, 1.82) is 0 Å². The van der Waals surface area contributed by atoms with E-state index in [9.17, 15) is 9.90 Å². The molecule has 1 aliphatic carbocycles. The number of hydrogen-bond acceptors (Lipinski definition) is 3. The average molecular weight is 364 g/mol. The van der Waals surface area contributed by atoms with Crippen LogP contribution >= 0.6 is 0 Å². The van der Waals surface area contributed by atoms with Crippen LogP contribution in [0.15, 0.2) is 54.6 Å². The highest BCUT2D eigenvalue weighted by molar-refractivity contribution is 5.77. The summed E-state index contributed by atoms with van der Waals surface area (Å²) < 4.78 is 0. The predicted octanol–water partition coefficient (Wildman–Crippen LogP) is 3.03. The van der Waals surface area contributed by atoms with Crippen LogP contribution in [-0.4, -0.2) is 41.1 Å². The second-order valence-electron chi connectivity index (χ2n) is 7.87. The zero-order valence-corrected chi connectivity index (χ0v) is 15.9. The fourth-order valence-electron chi connectivity index (χ4n) is 4.53. The van der Waals surface area contributed by atoms with Crippen molar-refractivity contribution in [3.8, 4) is 0 Å². The van der Waals surface area contributed by atoms with Gasteiger partial charge in [-0.3, -0.25) is 4.79 Å². The topological polar surface area (TPSA) is 52.6 Å². The molecule has 1 aliphatic heterocycles. The highest BCUT2D eigenvalue weighted by Crippen LogP contribution is 2.51. The first-order chi connectivity index (χ1) is 13.1. The Morgan fingerprint density at radius 1 is 1.19 bits per heavy atom. The molecule has 0 radical (unpaired) electrons. The van der Waals surface area contributed by atoms with E-state index in [1.807, 2.05) is 29.2 Å². The van der Waals surface area contributed by atoms with Crippen LogP contribution in [0.5, 0.6) is 0 Å². The summed E-state index contributed by atoms with van der Waals surface area (Å²) in [6.45, 7) is 3.61. The molecule has 1 saturated carbocycles. The SMILES string of the molecule is C[C@@H]1c2ccccc2CCN1C(=O)CCNC1(CO)C[C@H]1c1ccccc1. The molecule has 2 aromatic rings. The zero-order chi connectivity index (χ0) is 18.9. The van der Waals surface area contributed by atoms with Crippen molar-refractivity contribution in [2.75, 3.05) is 19.7 Å². The second kappa shape index (κ2) is 7.45. The van der Waals surface area contributed by atoms with Crippen LogP contribution in [0.3, 0.4) is 0 Å². The number of aliphatic hydroxyl groups excluding tert-OH is 1. The number of rotatable bonds is 6. The molecule has 4 nitrogen and oxygen atoms in total. The maximum Gasteiger partial charge on any atom is 0.224 e. The Hall–Kier alpha value is -2.17. The number of amides is 1. The summed E-state index contributed by atoms with van der Waals surface area (Å²) in [5.41, 5.74) is 3.62. The van der Waals surface area contributed by atoms with Crippen molar-refractivity contribution in [3.05, 3.63) is 71.3 Å². The van der Waals surface area contributed by atoms with E-state index in [4.69, 9.17) is 0 Å². The Morgan fingerprint density at radius 2 is 1.93 bits per heavy atom. The second-order valence-corrected chi connectivity index (χ2v) is 7.87. The molecule has 2 N–H and O–H groups in total. The molecular formula is C23H28N2O2. The third kappa shape index (κ3) is 3.52. The summed E-state index contributed by atoms with van der Waals surface area (Å²) in [6, 6.07) is 18.9. The molecular weight excluding hydrogens is 336 g/mol. The quantitative estimate of drug-likeness (QED) is 0.828. The molecule has 4 heteroatoms. The van der Waals surface area contributed by atoms with Gasteiger partial charge < -0.3 is 15.3 Å². The number of nitrogens with zero attached hydrogens (tertiary/aromatic N) is 1. The van der Waals surface area contributed by atoms with E-state index in [1.54, 1.807) is 0 Å². The smallest absolute Gasteiger partial charge is 0.224 e. The maximum absolute atomic E-state index is 12.8. The van der Waals surface area contributed by atoms with Gasteiger partial charge in [-0.1, -0.05) is 54.6 Å². The lowest BCUT2D eigenvalue weighted by atomic mass is 9.93. The van der Waals surface area contributed by atoms with Crippen LogP contribution in [0.25, 0.3) is 0 Å². The number of hydrogen-bond donors (Lipinski definition) is 2. The molecule has 2 aromatic carbocycles. The molecule has 2 aliphatic rings. The van der Waals surface area contributed by atoms with Gasteiger partial charge in [0.25, 0.3) is 0 Å². The molecule has 0 spiro atoms. The van der Waals surface area contributed by atoms with E-state index in [0.29, 0.717) is 18.9 Å². The number of benzene rings is 2. The van der Waals surface area contributed by atoms with Crippen molar-refractivity contribution in [2.45, 2.75) is 43.7 Å². The third-order valence-corrected chi connectivity index (χ3v) is 6.29. The molecule has 1 fully saturated rings. The number of nitrogens with one attached hydrogen (secondary N) is 1. The first-order valence-corrected chi connectivity index (χ1v) is 9.93. The van der Waals surface area contributed by atoms with Gasteiger partial charge in [0.2, 0.25) is 5.91 Å². The van der Waals surface area contributed by atoms with Gasteiger partial charge in [-0.25, -0.2) is 0 Å². The molecule has 1 heterocycles. The van der Waals surface area contributed by atoms with Crippen LogP contribution in [0, 0.1) is 0 Å². The van der Waals surface area contributed by atoms with Crippen molar-refractivity contribution in [1.82, 2.24) is 10.2 Å². The van der Waals surface area contributed by atoms with E-state index < -0.39 is 0 Å². The Kier molecular flexibility index (Phi) is 5.02. The summed E-state index contributed by atoms with van der Waals surface area (Å²) >= 11 is 0. The summed E-state index contributed by atoms with van der Waals surface area (Å²) in [4.78, 5) is 14.8. The van der Waals surface area contributed by atoms with Gasteiger partial charge in [-0.2, -0.15) is 0 Å². The normalized spacial score (nSPS) is 26.5. The lowest BCUT2D eigenvalue weighted by Gasteiger charge is -2.35. The Labute approximate surface area is 161 Å². The van der Waals surface area contributed by atoms with Crippen molar-refractivity contribution >= 4 is 5.91 Å². The van der Waals surface area contributed by atoms with E-state index in [2.05, 4.69) is 42.6 Å². The van der Waals surface area contributed by atoms with Crippen LogP contribution in [0.2, 0.25) is 0 Å². The van der Waals surface area contributed by atoms with Crippen molar-refractivity contribution in [2.24, 2.45) is 0 Å². The minimum atomic E-state index is -0.262. The summed E-state index contributed by atoms with van der Waals surface area (Å²) in [7, 11) is 0. The molecule has 0 saturated heterocycles. The number of carbonyl (C=O) groups is 1. The van der Waals surface area contributed by atoms with Gasteiger partial charge in [0, 0.05) is 31.0 Å². The fraction of sp³-hybridized carbons (Fsp3) is 0.435. The van der Waals surface area contributed by atoms with Gasteiger partial charge in [-0.05, 0) is 36.5 Å². The van der Waals surface area contributed by atoms with E-state index in [-0.39, 0.29) is 24.1 Å². The van der Waals surface area contributed by atoms with Crippen LogP contribution < -0.4 is 5.32 Å². The highest BCUT2D eigenvalue weighted by atomic mass is 16.3. The first kappa shape index (κ1) is 18.2. The zero-order valence-electron chi connectivity index (χ0n) is 15.9. The molecule has 3 atom stereocenters. The molecule has 0 aromatic heterocycles. The molecule has 0 bridgehead atoms. The van der Waals surface area contributed by atoms with E-state index in [1.165, 1.54) is 16.7 Å². The predicted molar refractivity (Wildman–Crippen MR) is 107 cm³/mol. The van der Waals surface area contributed by atoms with Crippen LogP contribution in [-0.2, 0) is 11.2 Å². The lowest BCUT2D eigenvalue weighted by molar-refractivity contribution is -0.133. The lowest BCUT2D eigenvalue weighted by Crippen LogP contribution is -2.42. The summed E-state index contributed by atoms with van der Waals surface area (Å²) in [5, 5.41) is 13.4. The van der Waals surface area contributed by atoms with Gasteiger partial charge >= 0.3 is 0 Å². The standard InChI is InChI=1S/C23H28N2O2/c1-17-20-10-6-5-7-18(20)12-14-25(17)22(27)11-13-24-23(16-26)15-21(23)19-8-3-2-4-9-19/h2-10,17,21,24,26H,11-16H2,1H3/t17-,21+,23?/m1/s1. The maximum atomic E-state index is 12.8. The molecule has 27 heavy (non-hydrogen) atoms. The Morgan fingerprint density at radius 3 is 2.70 bits per heavy atom. The van der Waals surface area contributed by atoms with E-state index >= 15 is 0 Å². The molecule has 4 rings (SSSR count). The molecule has 1 amide bonds. The highest BCUT2D eigenvalue weighted by Gasteiger charge is 2.54. The van der Waals surface area contributed by atoms with Gasteiger partial charge in [0.15, 0.2) is 0 Å².